The van der Waals surface area contributed by atoms with Gasteiger partial charge >= 0.3 is 12.3 Å². The number of carbonyl (C=O) groups is 1. The summed E-state index contributed by atoms with van der Waals surface area (Å²) in [6.45, 7) is 2.00. The minimum Gasteiger partial charge on any atom is -0.488 e. The Bertz CT molecular complexity index is 1020. The quantitative estimate of drug-likeness (QED) is 0.529. The number of benzene rings is 2. The van der Waals surface area contributed by atoms with E-state index in [0.717, 1.165) is 30.9 Å². The summed E-state index contributed by atoms with van der Waals surface area (Å²) in [4.78, 5) is 14.6. The van der Waals surface area contributed by atoms with Gasteiger partial charge in [0.25, 0.3) is 0 Å². The molecule has 0 aromatic heterocycles. The molecule has 1 saturated carbocycles. The Morgan fingerprint density at radius 2 is 1.67 bits per heavy atom. The summed E-state index contributed by atoms with van der Waals surface area (Å²) in [5.74, 6) is -0.766. The van der Waals surface area contributed by atoms with Gasteiger partial charge in [-0.05, 0) is 36.1 Å². The topological polar surface area (TPSA) is 73.2 Å². The summed E-state index contributed by atoms with van der Waals surface area (Å²) >= 11 is 0. The molecule has 9 heteroatoms. The van der Waals surface area contributed by atoms with Crippen molar-refractivity contribution in [3.05, 3.63) is 65.2 Å². The van der Waals surface area contributed by atoms with Crippen molar-refractivity contribution in [3.8, 4) is 5.75 Å². The van der Waals surface area contributed by atoms with Crippen LogP contribution in [0.5, 0.6) is 5.75 Å². The van der Waals surface area contributed by atoms with Crippen molar-refractivity contribution in [2.24, 2.45) is 0 Å². The number of halogens is 3. The van der Waals surface area contributed by atoms with Crippen LogP contribution in [0.3, 0.4) is 0 Å². The zero-order valence-corrected chi connectivity index (χ0v) is 20.2. The van der Waals surface area contributed by atoms with Gasteiger partial charge in [-0.1, -0.05) is 55.7 Å². The molecule has 2 aromatic carbocycles. The molecule has 0 bridgehead atoms. The number of hydrogen-bond acceptors (Lipinski definition) is 4. The van der Waals surface area contributed by atoms with Crippen LogP contribution in [-0.4, -0.2) is 64.4 Å². The third-order valence-electron chi connectivity index (χ3n) is 7.40. The molecule has 36 heavy (non-hydrogen) atoms. The van der Waals surface area contributed by atoms with Crippen molar-refractivity contribution in [2.45, 2.75) is 56.4 Å². The Hall–Kier alpha value is -2.78. The number of alkyl halides is 3. The lowest BCUT2D eigenvalue weighted by molar-refractivity contribution is -0.139. The maximum absolute atomic E-state index is 14.1. The first-order valence-corrected chi connectivity index (χ1v) is 12.5. The Kier molecular flexibility index (Phi) is 8.10. The molecule has 1 aliphatic carbocycles. The van der Waals surface area contributed by atoms with Crippen LogP contribution in [-0.2, 0) is 12.8 Å². The molecular formula is C27H33F3N2O4. The highest BCUT2D eigenvalue weighted by Gasteiger charge is 2.42. The molecule has 6 nitrogen and oxygen atoms in total. The largest absolute Gasteiger partial charge is 0.488 e. The molecule has 4 rings (SSSR count). The Morgan fingerprint density at radius 3 is 2.28 bits per heavy atom. The van der Waals surface area contributed by atoms with Crippen LogP contribution in [0.2, 0.25) is 0 Å². The van der Waals surface area contributed by atoms with Gasteiger partial charge in [0.05, 0.1) is 11.2 Å². The second kappa shape index (κ2) is 11.1. The zero-order chi connectivity index (χ0) is 25.8. The lowest BCUT2D eigenvalue weighted by Gasteiger charge is -2.43. The second-order valence-corrected chi connectivity index (χ2v) is 9.81. The van der Waals surface area contributed by atoms with E-state index in [1.165, 1.54) is 11.0 Å². The van der Waals surface area contributed by atoms with Crippen molar-refractivity contribution in [1.29, 1.82) is 0 Å². The van der Waals surface area contributed by atoms with Crippen LogP contribution >= 0.6 is 0 Å². The predicted molar refractivity (Wildman–Crippen MR) is 129 cm³/mol. The van der Waals surface area contributed by atoms with Gasteiger partial charge in [-0.25, -0.2) is 4.79 Å². The molecule has 0 radical (unpaired) electrons. The minimum atomic E-state index is -4.62. The second-order valence-electron chi connectivity index (χ2n) is 9.81. The predicted octanol–water partition coefficient (Wildman–Crippen LogP) is 5.36. The monoisotopic (exact) mass is 506 g/mol. The van der Waals surface area contributed by atoms with Gasteiger partial charge in [0, 0.05) is 38.6 Å². The van der Waals surface area contributed by atoms with E-state index in [2.05, 4.69) is 0 Å². The summed E-state index contributed by atoms with van der Waals surface area (Å²) < 4.78 is 47.9. The van der Waals surface area contributed by atoms with Gasteiger partial charge < -0.3 is 19.8 Å². The van der Waals surface area contributed by atoms with Gasteiger partial charge in [0.2, 0.25) is 0 Å². The average Bonchev–Trinajstić information content (AvgIpc) is 2.87. The van der Waals surface area contributed by atoms with Crippen LogP contribution in [0.4, 0.5) is 18.0 Å². The molecule has 2 fully saturated rings. The van der Waals surface area contributed by atoms with E-state index >= 15 is 0 Å². The molecule has 1 amide bonds. The van der Waals surface area contributed by atoms with Gasteiger partial charge in [0.1, 0.15) is 12.4 Å². The number of nitrogens with zero attached hydrogens (tertiary/aromatic N) is 2. The van der Waals surface area contributed by atoms with Gasteiger partial charge in [-0.2, -0.15) is 13.2 Å². The number of carboxylic acid groups (broad SMARTS) is 1. The first kappa shape index (κ1) is 26.3. The molecule has 2 N–H and O–H groups in total. The van der Waals surface area contributed by atoms with Crippen molar-refractivity contribution in [1.82, 2.24) is 9.80 Å². The van der Waals surface area contributed by atoms with Crippen molar-refractivity contribution in [2.75, 3.05) is 32.7 Å². The zero-order valence-electron chi connectivity index (χ0n) is 20.2. The van der Waals surface area contributed by atoms with Gasteiger partial charge in [-0.15, -0.1) is 0 Å². The number of piperazine rings is 1. The van der Waals surface area contributed by atoms with E-state index in [9.17, 15) is 28.2 Å². The van der Waals surface area contributed by atoms with Gasteiger partial charge in [-0.3, -0.25) is 4.90 Å². The van der Waals surface area contributed by atoms with E-state index in [1.807, 2.05) is 11.0 Å². The summed E-state index contributed by atoms with van der Waals surface area (Å²) in [5, 5.41) is 20.9. The van der Waals surface area contributed by atoms with E-state index in [-0.39, 0.29) is 12.4 Å². The number of hydrogen-bond donors (Lipinski definition) is 2. The van der Waals surface area contributed by atoms with Crippen LogP contribution in [0, 0.1) is 0 Å². The summed E-state index contributed by atoms with van der Waals surface area (Å²) in [6, 6.07) is 13.2. The van der Waals surface area contributed by atoms with Crippen LogP contribution in [0.25, 0.3) is 0 Å². The molecule has 1 heterocycles. The Morgan fingerprint density at radius 1 is 1.00 bits per heavy atom. The lowest BCUT2D eigenvalue weighted by Crippen LogP contribution is -2.51. The number of rotatable bonds is 7. The Labute approximate surface area is 209 Å². The maximum atomic E-state index is 14.1. The highest BCUT2D eigenvalue weighted by Crippen LogP contribution is 2.44. The number of aliphatic hydroxyl groups is 1. The molecule has 1 atom stereocenters. The molecule has 1 unspecified atom stereocenters. The highest BCUT2D eigenvalue weighted by atomic mass is 19.4. The SMILES string of the molecule is O=C(O)N1CCN(CC(c2ccc(OCc3ccccc3)c(C(F)(F)F)c2)C2(O)CCCCC2)CC1. The minimum absolute atomic E-state index is 0.0183. The third kappa shape index (κ3) is 6.31. The van der Waals surface area contributed by atoms with E-state index in [0.29, 0.717) is 51.1 Å². The molecule has 2 aromatic rings. The number of ether oxygens (including phenoxy) is 1. The van der Waals surface area contributed by atoms with Gasteiger partial charge in [0.15, 0.2) is 0 Å². The molecule has 2 aliphatic rings. The lowest BCUT2D eigenvalue weighted by atomic mass is 9.72. The van der Waals surface area contributed by atoms with Crippen molar-refractivity contribution in [3.63, 3.8) is 0 Å². The van der Waals surface area contributed by atoms with E-state index < -0.39 is 29.4 Å². The average molecular weight is 507 g/mol. The third-order valence-corrected chi connectivity index (χ3v) is 7.40. The van der Waals surface area contributed by atoms with E-state index in [4.69, 9.17) is 4.74 Å². The molecule has 196 valence electrons. The highest BCUT2D eigenvalue weighted by molar-refractivity contribution is 5.65. The van der Waals surface area contributed by atoms with E-state index in [1.54, 1.807) is 30.3 Å². The molecule has 1 saturated heterocycles. The molecular weight excluding hydrogens is 473 g/mol. The van der Waals surface area contributed by atoms with Crippen LogP contribution in [0.1, 0.15) is 54.7 Å². The fourth-order valence-electron chi connectivity index (χ4n) is 5.33. The van der Waals surface area contributed by atoms with Crippen LogP contribution in [0.15, 0.2) is 48.5 Å². The van der Waals surface area contributed by atoms with Crippen LogP contribution < -0.4 is 4.74 Å². The Balaban J connectivity index is 1.61. The summed E-state index contributed by atoms with van der Waals surface area (Å²) in [5.41, 5.74) is -0.766. The van der Waals surface area contributed by atoms with Crippen molar-refractivity contribution < 1.29 is 32.9 Å². The molecule has 0 spiro atoms. The summed E-state index contributed by atoms with van der Waals surface area (Å²) in [7, 11) is 0. The number of amides is 1. The fourth-order valence-corrected chi connectivity index (χ4v) is 5.33. The van der Waals surface area contributed by atoms with Crippen molar-refractivity contribution >= 4 is 6.09 Å². The first-order chi connectivity index (χ1) is 17.2. The maximum Gasteiger partial charge on any atom is 0.419 e. The first-order valence-electron chi connectivity index (χ1n) is 12.5. The standard InChI is InChI=1S/C27H33F3N2O4/c28-27(29,30)22-17-21(9-10-24(22)36-19-20-7-3-1-4-8-20)23(26(35)11-5-2-6-12-26)18-31-13-15-32(16-14-31)25(33)34/h1,3-4,7-10,17,23,35H,2,5-6,11-16,18-19H2,(H,33,34). The smallest absolute Gasteiger partial charge is 0.419 e. The normalized spacial score (nSPS) is 19.6. The molecule has 1 aliphatic heterocycles. The fraction of sp³-hybridized carbons (Fsp3) is 0.519. The summed E-state index contributed by atoms with van der Waals surface area (Å²) in [6.07, 6.45) is -1.89.